The van der Waals surface area contributed by atoms with Crippen LogP contribution in [0.2, 0.25) is 0 Å². The summed E-state index contributed by atoms with van der Waals surface area (Å²) in [5, 5.41) is 29.2. The zero-order valence-corrected chi connectivity index (χ0v) is 7.80. The molecule has 0 radical (unpaired) electrons. The molecule has 0 aromatic carbocycles. The lowest BCUT2D eigenvalue weighted by molar-refractivity contribution is -0.146. The molecule has 0 saturated heterocycles. The Morgan fingerprint density at radius 1 is 0.667 bits per heavy atom. The van der Waals surface area contributed by atoms with Gasteiger partial charge in [-0.05, 0) is 0 Å². The number of hydrogen-bond donors (Lipinski definition) is 4. The van der Waals surface area contributed by atoms with Crippen LogP contribution in [0, 0.1) is 0 Å². The molecule has 0 aromatic heterocycles. The Morgan fingerprint density at radius 2 is 0.867 bits per heavy atom. The van der Waals surface area contributed by atoms with Gasteiger partial charge in [0.1, 0.15) is 0 Å². The van der Waals surface area contributed by atoms with Gasteiger partial charge in [-0.25, -0.2) is 0 Å². The van der Waals surface area contributed by atoms with Crippen LogP contribution in [0.15, 0.2) is 0 Å². The highest BCUT2D eigenvalue weighted by Gasteiger charge is 2.37. The van der Waals surface area contributed by atoms with E-state index < -0.39 is 34.4 Å². The molecule has 8 nitrogen and oxygen atoms in total. The average Bonchev–Trinajstić information content (AvgIpc) is 2.01. The third-order valence-corrected chi connectivity index (χ3v) is 2.52. The summed E-state index contributed by atoms with van der Waals surface area (Å²) in [5.41, 5.74) is 0. The molecule has 0 aliphatic carbocycles. The molecule has 0 aromatic rings. The molecule has 15 heavy (non-hydrogen) atoms. The SMILES string of the molecule is O=C(O)C(SC(C(=O)O)C(=O)O)C(=O)O. The van der Waals surface area contributed by atoms with Gasteiger partial charge in [-0.1, -0.05) is 0 Å². The van der Waals surface area contributed by atoms with Crippen LogP contribution in [0.3, 0.4) is 0 Å². The van der Waals surface area contributed by atoms with Crippen molar-refractivity contribution in [2.75, 3.05) is 0 Å². The highest BCUT2D eigenvalue weighted by molar-refractivity contribution is 8.03. The first-order valence-electron chi connectivity index (χ1n) is 3.34. The fraction of sp³-hybridized carbons (Fsp3) is 0.333. The number of carboxylic acid groups (broad SMARTS) is 4. The molecule has 0 unspecified atom stereocenters. The van der Waals surface area contributed by atoms with Crippen molar-refractivity contribution in [3.63, 3.8) is 0 Å². The maximum atomic E-state index is 10.3. The van der Waals surface area contributed by atoms with Crippen LogP contribution in [0.4, 0.5) is 0 Å². The minimum atomic E-state index is -2.12. The third kappa shape index (κ3) is 3.85. The second-order valence-electron chi connectivity index (χ2n) is 2.25. The summed E-state index contributed by atoms with van der Waals surface area (Å²) in [7, 11) is 0. The number of hydrogen-bond acceptors (Lipinski definition) is 5. The molecule has 0 bridgehead atoms. The van der Waals surface area contributed by atoms with Gasteiger partial charge in [0, 0.05) is 0 Å². The molecule has 0 heterocycles. The van der Waals surface area contributed by atoms with Crippen LogP contribution in [0.25, 0.3) is 0 Å². The quantitative estimate of drug-likeness (QED) is 0.418. The lowest BCUT2D eigenvalue weighted by Gasteiger charge is -2.10. The van der Waals surface area contributed by atoms with Crippen molar-refractivity contribution in [2.45, 2.75) is 10.5 Å². The molecule has 0 aliphatic rings. The second-order valence-corrected chi connectivity index (χ2v) is 3.46. The summed E-state index contributed by atoms with van der Waals surface area (Å²) in [4.78, 5) is 41.3. The van der Waals surface area contributed by atoms with E-state index in [1.54, 1.807) is 0 Å². The number of aliphatic carboxylic acids is 4. The fourth-order valence-corrected chi connectivity index (χ4v) is 1.32. The van der Waals surface area contributed by atoms with E-state index in [9.17, 15) is 19.2 Å². The van der Waals surface area contributed by atoms with Crippen molar-refractivity contribution in [3.8, 4) is 0 Å². The molecule has 0 amide bonds. The molecular formula is C6H6O8S. The van der Waals surface area contributed by atoms with Crippen LogP contribution in [-0.2, 0) is 19.2 Å². The maximum Gasteiger partial charge on any atom is 0.328 e. The summed E-state index contributed by atoms with van der Waals surface area (Å²) in [6.45, 7) is 0. The van der Waals surface area contributed by atoms with Gasteiger partial charge in [0.25, 0.3) is 0 Å². The van der Waals surface area contributed by atoms with E-state index in [0.29, 0.717) is 0 Å². The smallest absolute Gasteiger partial charge is 0.328 e. The predicted octanol–water partition coefficient (Wildman–Crippen LogP) is -1.20. The summed E-state index contributed by atoms with van der Waals surface area (Å²) < 4.78 is 0. The van der Waals surface area contributed by atoms with Gasteiger partial charge in [-0.2, -0.15) is 0 Å². The van der Waals surface area contributed by atoms with Crippen molar-refractivity contribution < 1.29 is 39.6 Å². The molecular weight excluding hydrogens is 232 g/mol. The van der Waals surface area contributed by atoms with Crippen molar-refractivity contribution >= 4 is 35.6 Å². The normalized spacial score (nSPS) is 10.3. The monoisotopic (exact) mass is 238 g/mol. The Hall–Kier alpha value is -1.77. The van der Waals surface area contributed by atoms with Crippen molar-refractivity contribution in [3.05, 3.63) is 0 Å². The molecule has 84 valence electrons. The van der Waals surface area contributed by atoms with Crippen LogP contribution < -0.4 is 0 Å². The van der Waals surface area contributed by atoms with Gasteiger partial charge in [0.15, 0.2) is 0 Å². The van der Waals surface area contributed by atoms with E-state index in [0.717, 1.165) is 0 Å². The molecule has 9 heteroatoms. The van der Waals surface area contributed by atoms with Gasteiger partial charge in [-0.3, -0.25) is 19.2 Å². The van der Waals surface area contributed by atoms with Crippen molar-refractivity contribution in [1.82, 2.24) is 0 Å². The van der Waals surface area contributed by atoms with Crippen LogP contribution in [0.1, 0.15) is 0 Å². The average molecular weight is 238 g/mol. The Morgan fingerprint density at radius 3 is 1.00 bits per heavy atom. The highest BCUT2D eigenvalue weighted by atomic mass is 32.2. The standard InChI is InChI=1S/C6H6O8S/c7-3(8)1(4(9)10)15-2(5(11)12)6(13)14/h1-2H,(H,7,8)(H,9,10)(H,11,12)(H,13,14). The second kappa shape index (κ2) is 5.20. The van der Waals surface area contributed by atoms with Gasteiger partial charge >= 0.3 is 23.9 Å². The first-order chi connectivity index (χ1) is 6.77. The summed E-state index contributed by atoms with van der Waals surface area (Å²) in [5.74, 6) is -7.22. The minimum absolute atomic E-state index is 0.176. The lowest BCUT2D eigenvalue weighted by atomic mass is 10.4. The van der Waals surface area contributed by atoms with Crippen LogP contribution >= 0.6 is 11.8 Å². The maximum absolute atomic E-state index is 10.3. The topological polar surface area (TPSA) is 149 Å². The molecule has 4 N–H and O–H groups in total. The highest BCUT2D eigenvalue weighted by Crippen LogP contribution is 2.19. The van der Waals surface area contributed by atoms with Crippen molar-refractivity contribution in [1.29, 1.82) is 0 Å². The molecule has 0 fully saturated rings. The van der Waals surface area contributed by atoms with Gasteiger partial charge in [-0.15, -0.1) is 11.8 Å². The number of carbonyl (C=O) groups is 4. The zero-order chi connectivity index (χ0) is 12.2. The molecule has 0 saturated carbocycles. The number of rotatable bonds is 6. The van der Waals surface area contributed by atoms with Gasteiger partial charge < -0.3 is 20.4 Å². The Bertz CT molecular complexity index is 252. The Labute approximate surface area is 86.5 Å². The van der Waals surface area contributed by atoms with Gasteiger partial charge in [0.2, 0.25) is 10.5 Å². The lowest BCUT2D eigenvalue weighted by Crippen LogP contribution is -2.35. The van der Waals surface area contributed by atoms with E-state index in [4.69, 9.17) is 20.4 Å². The zero-order valence-electron chi connectivity index (χ0n) is 6.98. The molecule has 0 atom stereocenters. The fourth-order valence-electron chi connectivity index (χ4n) is 0.580. The summed E-state index contributed by atoms with van der Waals surface area (Å²) in [6.07, 6.45) is 0. The van der Waals surface area contributed by atoms with E-state index in [-0.39, 0.29) is 11.8 Å². The summed E-state index contributed by atoms with van der Waals surface area (Å²) >= 11 is -0.176. The van der Waals surface area contributed by atoms with E-state index >= 15 is 0 Å². The Kier molecular flexibility index (Phi) is 4.58. The molecule has 0 aliphatic heterocycles. The number of thioether (sulfide) groups is 1. The van der Waals surface area contributed by atoms with E-state index in [2.05, 4.69) is 0 Å². The van der Waals surface area contributed by atoms with Gasteiger partial charge in [0.05, 0.1) is 0 Å². The largest absolute Gasteiger partial charge is 0.480 e. The van der Waals surface area contributed by atoms with Crippen LogP contribution in [0.5, 0.6) is 0 Å². The van der Waals surface area contributed by atoms with E-state index in [1.807, 2.05) is 0 Å². The number of carboxylic acids is 4. The molecule has 0 rings (SSSR count). The first kappa shape index (κ1) is 13.2. The van der Waals surface area contributed by atoms with E-state index in [1.165, 1.54) is 0 Å². The molecule has 0 spiro atoms. The first-order valence-corrected chi connectivity index (χ1v) is 4.28. The minimum Gasteiger partial charge on any atom is -0.480 e. The third-order valence-electron chi connectivity index (χ3n) is 1.17. The predicted molar refractivity (Wildman–Crippen MR) is 45.7 cm³/mol. The van der Waals surface area contributed by atoms with Crippen LogP contribution in [-0.4, -0.2) is 54.8 Å². The summed E-state index contributed by atoms with van der Waals surface area (Å²) in [6, 6.07) is 0. The Balaban J connectivity index is 4.77. The van der Waals surface area contributed by atoms with Crippen molar-refractivity contribution in [2.24, 2.45) is 0 Å².